The van der Waals surface area contributed by atoms with Gasteiger partial charge in [0.2, 0.25) is 0 Å². The molecular weight excluding hydrogens is 264 g/mol. The van der Waals surface area contributed by atoms with Gasteiger partial charge in [-0.15, -0.1) is 0 Å². The van der Waals surface area contributed by atoms with Crippen LogP contribution >= 0.6 is 0 Å². The van der Waals surface area contributed by atoms with Gasteiger partial charge in [-0.25, -0.2) is 0 Å². The summed E-state index contributed by atoms with van der Waals surface area (Å²) in [4.78, 5) is 17.1. The topological polar surface area (TPSA) is 56.3 Å². The van der Waals surface area contributed by atoms with E-state index in [4.69, 9.17) is 0 Å². The highest BCUT2D eigenvalue weighted by molar-refractivity contribution is 5.84. The summed E-state index contributed by atoms with van der Waals surface area (Å²) in [6.07, 6.45) is 4.70. The van der Waals surface area contributed by atoms with Crippen LogP contribution in [-0.2, 0) is 11.2 Å². The van der Waals surface area contributed by atoms with Crippen LogP contribution in [0, 0.1) is 5.92 Å². The van der Waals surface area contributed by atoms with Crippen LogP contribution in [0.1, 0.15) is 25.3 Å². The molecule has 1 saturated heterocycles. The molecule has 21 heavy (non-hydrogen) atoms. The molecule has 1 aromatic carbocycles. The Bertz CT molecular complexity index is 627. The van der Waals surface area contributed by atoms with E-state index in [0.717, 1.165) is 42.4 Å². The largest absolute Gasteiger partial charge is 0.480 e. The maximum absolute atomic E-state index is 11.7. The Morgan fingerprint density at radius 3 is 2.81 bits per heavy atom. The summed E-state index contributed by atoms with van der Waals surface area (Å²) in [5.41, 5.74) is 2.17. The second-order valence-corrected chi connectivity index (χ2v) is 6.14. The van der Waals surface area contributed by atoms with Crippen molar-refractivity contribution in [2.75, 3.05) is 13.1 Å². The first kappa shape index (κ1) is 14.1. The fourth-order valence-corrected chi connectivity index (χ4v) is 3.22. The van der Waals surface area contributed by atoms with Crippen molar-refractivity contribution in [2.24, 2.45) is 5.92 Å². The molecule has 0 spiro atoms. The summed E-state index contributed by atoms with van der Waals surface area (Å²) >= 11 is 0. The number of H-pyrrole nitrogens is 1. The molecule has 1 aromatic heterocycles. The Labute approximate surface area is 124 Å². The summed E-state index contributed by atoms with van der Waals surface area (Å²) in [5.74, 6) is -0.00128. The number of carbonyl (C=O) groups is 1. The van der Waals surface area contributed by atoms with Crippen LogP contribution in [0.15, 0.2) is 30.5 Å². The fraction of sp³-hybridized carbons (Fsp3) is 0.471. The van der Waals surface area contributed by atoms with Crippen molar-refractivity contribution >= 4 is 16.9 Å². The molecule has 1 atom stereocenters. The smallest absolute Gasteiger partial charge is 0.321 e. The van der Waals surface area contributed by atoms with Crippen molar-refractivity contribution in [3.8, 4) is 0 Å². The number of carboxylic acids is 1. The summed E-state index contributed by atoms with van der Waals surface area (Å²) < 4.78 is 0. The zero-order valence-electron chi connectivity index (χ0n) is 12.4. The molecule has 4 nitrogen and oxygen atoms in total. The second kappa shape index (κ2) is 5.90. The number of fused-ring (bicyclic) bond motifs is 1. The molecule has 1 unspecified atom stereocenters. The van der Waals surface area contributed by atoms with Gasteiger partial charge in [0.25, 0.3) is 0 Å². The van der Waals surface area contributed by atoms with Crippen molar-refractivity contribution in [1.29, 1.82) is 0 Å². The molecule has 3 rings (SSSR count). The quantitative estimate of drug-likeness (QED) is 0.908. The van der Waals surface area contributed by atoms with Gasteiger partial charge in [0, 0.05) is 23.5 Å². The molecule has 1 fully saturated rings. The lowest BCUT2D eigenvalue weighted by molar-refractivity contribution is -0.143. The van der Waals surface area contributed by atoms with Crippen molar-refractivity contribution < 1.29 is 9.90 Å². The van der Waals surface area contributed by atoms with Crippen LogP contribution in [-0.4, -0.2) is 40.1 Å². The number of piperidine rings is 1. The van der Waals surface area contributed by atoms with Gasteiger partial charge in [0.05, 0.1) is 0 Å². The third-order valence-corrected chi connectivity index (χ3v) is 4.63. The first-order chi connectivity index (χ1) is 10.1. The molecule has 1 aliphatic rings. The van der Waals surface area contributed by atoms with Crippen LogP contribution in [0.5, 0.6) is 0 Å². The van der Waals surface area contributed by atoms with E-state index in [9.17, 15) is 9.90 Å². The molecule has 0 amide bonds. The number of carboxylic acid groups (broad SMARTS) is 1. The first-order valence-electron chi connectivity index (χ1n) is 7.67. The van der Waals surface area contributed by atoms with E-state index in [1.165, 1.54) is 0 Å². The minimum absolute atomic E-state index is 0.420. The zero-order valence-corrected chi connectivity index (χ0v) is 12.4. The Kier molecular flexibility index (Phi) is 3.97. The third-order valence-electron chi connectivity index (χ3n) is 4.63. The Morgan fingerprint density at radius 1 is 1.38 bits per heavy atom. The van der Waals surface area contributed by atoms with E-state index >= 15 is 0 Å². The van der Waals surface area contributed by atoms with Crippen LogP contribution in [0.25, 0.3) is 10.9 Å². The molecule has 0 bridgehead atoms. The lowest BCUT2D eigenvalue weighted by atomic mass is 9.96. The summed E-state index contributed by atoms with van der Waals surface area (Å²) in [5, 5.41) is 10.7. The minimum Gasteiger partial charge on any atom is -0.480 e. The Balaban J connectivity index is 1.80. The van der Waals surface area contributed by atoms with Gasteiger partial charge in [-0.2, -0.15) is 0 Å². The van der Waals surface area contributed by atoms with Gasteiger partial charge in [-0.05, 0) is 43.5 Å². The van der Waals surface area contributed by atoms with Crippen molar-refractivity contribution in [1.82, 2.24) is 9.88 Å². The van der Waals surface area contributed by atoms with Gasteiger partial charge in [0.15, 0.2) is 0 Å². The normalized spacial score (nSPS) is 18.9. The number of para-hydroxylation sites is 1. The number of aromatic nitrogens is 1. The molecule has 2 N–H and O–H groups in total. The maximum atomic E-state index is 11.7. The van der Waals surface area contributed by atoms with E-state index in [1.54, 1.807) is 0 Å². The predicted molar refractivity (Wildman–Crippen MR) is 83.4 cm³/mol. The third kappa shape index (κ3) is 2.95. The van der Waals surface area contributed by atoms with Crippen LogP contribution in [0.2, 0.25) is 0 Å². The van der Waals surface area contributed by atoms with Crippen LogP contribution < -0.4 is 0 Å². The van der Waals surface area contributed by atoms with Crippen molar-refractivity contribution in [3.05, 3.63) is 36.0 Å². The monoisotopic (exact) mass is 286 g/mol. The van der Waals surface area contributed by atoms with Gasteiger partial charge < -0.3 is 10.1 Å². The van der Waals surface area contributed by atoms with Gasteiger partial charge in [-0.3, -0.25) is 9.69 Å². The van der Waals surface area contributed by atoms with E-state index in [0.29, 0.717) is 12.3 Å². The predicted octanol–water partition coefficient (Wildman–Crippen LogP) is 2.90. The molecule has 1 aliphatic heterocycles. The highest BCUT2D eigenvalue weighted by Crippen LogP contribution is 2.23. The number of aromatic amines is 1. The lowest BCUT2D eigenvalue weighted by Gasteiger charge is -2.34. The number of likely N-dealkylation sites (tertiary alicyclic amines) is 1. The van der Waals surface area contributed by atoms with E-state index in [-0.39, 0.29) is 0 Å². The van der Waals surface area contributed by atoms with Crippen LogP contribution in [0.3, 0.4) is 0 Å². The number of hydrogen-bond acceptors (Lipinski definition) is 2. The lowest BCUT2D eigenvalue weighted by Crippen LogP contribution is -2.46. The van der Waals surface area contributed by atoms with Gasteiger partial charge in [-0.1, -0.05) is 25.1 Å². The van der Waals surface area contributed by atoms with E-state index in [2.05, 4.69) is 22.9 Å². The van der Waals surface area contributed by atoms with Crippen LogP contribution in [0.4, 0.5) is 0 Å². The maximum Gasteiger partial charge on any atom is 0.321 e. The molecule has 2 aromatic rings. The fourth-order valence-electron chi connectivity index (χ4n) is 3.22. The van der Waals surface area contributed by atoms with E-state index in [1.807, 2.05) is 24.4 Å². The first-order valence-corrected chi connectivity index (χ1v) is 7.67. The van der Waals surface area contributed by atoms with Gasteiger partial charge in [0.1, 0.15) is 6.04 Å². The highest BCUT2D eigenvalue weighted by atomic mass is 16.4. The molecule has 0 aliphatic carbocycles. The molecular formula is C17H22N2O2. The number of aliphatic carboxylic acids is 1. The molecule has 4 heteroatoms. The number of benzene rings is 1. The highest BCUT2D eigenvalue weighted by Gasteiger charge is 2.29. The second-order valence-electron chi connectivity index (χ2n) is 6.14. The molecule has 0 saturated carbocycles. The SMILES string of the molecule is CC1CCN(C(Cc2c[nH]c3ccccc23)C(=O)O)CC1. The number of nitrogens with one attached hydrogen (secondary N) is 1. The summed E-state index contributed by atoms with van der Waals surface area (Å²) in [7, 11) is 0. The minimum atomic E-state index is -0.713. The molecule has 0 radical (unpaired) electrons. The Morgan fingerprint density at radius 2 is 2.10 bits per heavy atom. The molecule has 112 valence electrons. The molecule has 2 heterocycles. The average molecular weight is 286 g/mol. The number of rotatable bonds is 4. The average Bonchev–Trinajstić information content (AvgIpc) is 2.89. The summed E-state index contributed by atoms with van der Waals surface area (Å²) in [6, 6.07) is 7.65. The van der Waals surface area contributed by atoms with E-state index < -0.39 is 12.0 Å². The Hall–Kier alpha value is -1.81. The summed E-state index contributed by atoms with van der Waals surface area (Å²) in [6.45, 7) is 4.02. The zero-order chi connectivity index (χ0) is 14.8. The van der Waals surface area contributed by atoms with Gasteiger partial charge >= 0.3 is 5.97 Å². The van der Waals surface area contributed by atoms with Crippen molar-refractivity contribution in [2.45, 2.75) is 32.2 Å². The van der Waals surface area contributed by atoms with Crippen molar-refractivity contribution in [3.63, 3.8) is 0 Å². The number of hydrogen-bond donors (Lipinski definition) is 2. The number of nitrogens with zero attached hydrogens (tertiary/aromatic N) is 1. The standard InChI is InChI=1S/C17H22N2O2/c1-12-6-8-19(9-7-12)16(17(20)21)10-13-11-18-15-5-3-2-4-14(13)15/h2-5,11-12,16,18H,6-10H2,1H3,(H,20,21).